The lowest BCUT2D eigenvalue weighted by Crippen LogP contribution is -2.52. The van der Waals surface area contributed by atoms with Crippen LogP contribution < -0.4 is 0 Å². The summed E-state index contributed by atoms with van der Waals surface area (Å²) in [7, 11) is 0. The Labute approximate surface area is 114 Å². The summed E-state index contributed by atoms with van der Waals surface area (Å²) in [5, 5.41) is 1.62. The molecule has 1 aliphatic heterocycles. The van der Waals surface area contributed by atoms with Crippen LogP contribution in [0, 0.1) is 6.92 Å². The molecule has 0 bridgehead atoms. The Morgan fingerprint density at radius 2 is 2.11 bits per heavy atom. The van der Waals surface area contributed by atoms with Crippen molar-refractivity contribution in [3.8, 4) is 0 Å². The molecule has 1 heterocycles. The lowest BCUT2D eigenvalue weighted by Gasteiger charge is -2.44. The van der Waals surface area contributed by atoms with E-state index in [2.05, 4.69) is 31.2 Å². The number of hydrogen-bond acceptors (Lipinski definition) is 2. The van der Waals surface area contributed by atoms with Crippen LogP contribution in [-0.2, 0) is 15.0 Å². The quantitative estimate of drug-likeness (QED) is 0.817. The third-order valence-corrected chi connectivity index (χ3v) is 4.42. The molecule has 3 heteroatoms. The maximum atomic E-state index is 12.8. The van der Waals surface area contributed by atoms with Crippen molar-refractivity contribution in [1.82, 2.24) is 5.06 Å². The Hall–Kier alpha value is -1.35. The number of rotatable bonds is 2. The number of benzene rings is 1. The van der Waals surface area contributed by atoms with Crippen molar-refractivity contribution in [3.05, 3.63) is 35.4 Å². The number of nitrogens with zero attached hydrogens (tertiary/aromatic N) is 1. The lowest BCUT2D eigenvalue weighted by molar-refractivity contribution is -0.206. The molecule has 2 fully saturated rings. The van der Waals surface area contributed by atoms with E-state index in [4.69, 9.17) is 4.84 Å². The van der Waals surface area contributed by atoms with Gasteiger partial charge >= 0.3 is 0 Å². The number of hydroxylamine groups is 2. The van der Waals surface area contributed by atoms with E-state index >= 15 is 0 Å². The van der Waals surface area contributed by atoms with Crippen LogP contribution in [0.3, 0.4) is 0 Å². The minimum atomic E-state index is -0.316. The maximum absolute atomic E-state index is 12.8. The number of carbonyl (C=O) groups is 1. The standard InChI is InChI=1S/C16H21NO2/c1-13-6-4-7-14(12-13)16(8-5-9-16)15(18)17-10-2-3-11-19-17/h4,6-7,12H,2-3,5,8-11H2,1H3. The lowest BCUT2D eigenvalue weighted by atomic mass is 9.63. The first-order valence-electron chi connectivity index (χ1n) is 7.24. The first-order chi connectivity index (χ1) is 9.22. The van der Waals surface area contributed by atoms with Gasteiger partial charge in [-0.2, -0.15) is 0 Å². The topological polar surface area (TPSA) is 29.5 Å². The van der Waals surface area contributed by atoms with Crippen molar-refractivity contribution >= 4 is 5.91 Å². The smallest absolute Gasteiger partial charge is 0.256 e. The molecule has 0 unspecified atom stereocenters. The highest BCUT2D eigenvalue weighted by Gasteiger charge is 2.48. The Kier molecular flexibility index (Phi) is 3.31. The Morgan fingerprint density at radius 3 is 2.68 bits per heavy atom. The second-order valence-electron chi connectivity index (χ2n) is 5.75. The van der Waals surface area contributed by atoms with E-state index in [1.807, 2.05) is 0 Å². The first kappa shape index (κ1) is 12.7. The predicted molar refractivity (Wildman–Crippen MR) is 73.6 cm³/mol. The number of amides is 1. The molecule has 1 aromatic rings. The van der Waals surface area contributed by atoms with Crippen molar-refractivity contribution in [3.63, 3.8) is 0 Å². The van der Waals surface area contributed by atoms with E-state index in [9.17, 15) is 4.79 Å². The molecule has 0 radical (unpaired) electrons. The van der Waals surface area contributed by atoms with Crippen molar-refractivity contribution < 1.29 is 9.63 Å². The molecule has 1 amide bonds. The Balaban J connectivity index is 1.88. The van der Waals surface area contributed by atoms with Gasteiger partial charge in [-0.15, -0.1) is 0 Å². The summed E-state index contributed by atoms with van der Waals surface area (Å²) in [6.07, 6.45) is 5.15. The van der Waals surface area contributed by atoms with Crippen LogP contribution in [0.1, 0.15) is 43.2 Å². The molecule has 0 spiro atoms. The van der Waals surface area contributed by atoms with E-state index in [0.717, 1.165) is 44.2 Å². The Bertz CT molecular complexity index is 473. The van der Waals surface area contributed by atoms with E-state index in [-0.39, 0.29) is 11.3 Å². The van der Waals surface area contributed by atoms with Crippen molar-refractivity contribution in [2.45, 2.75) is 44.4 Å². The molecule has 1 saturated carbocycles. The first-order valence-corrected chi connectivity index (χ1v) is 7.24. The Morgan fingerprint density at radius 1 is 1.26 bits per heavy atom. The average molecular weight is 259 g/mol. The summed E-state index contributed by atoms with van der Waals surface area (Å²) in [5.74, 6) is 0.170. The van der Waals surface area contributed by atoms with Gasteiger partial charge in [0.05, 0.1) is 12.0 Å². The van der Waals surface area contributed by atoms with Gasteiger partial charge in [-0.25, -0.2) is 5.06 Å². The zero-order valence-electron chi connectivity index (χ0n) is 11.5. The summed E-state index contributed by atoms with van der Waals surface area (Å²) in [6, 6.07) is 8.38. The summed E-state index contributed by atoms with van der Waals surface area (Å²) in [5.41, 5.74) is 2.07. The van der Waals surface area contributed by atoms with E-state index in [0.29, 0.717) is 6.61 Å². The number of aryl methyl sites for hydroxylation is 1. The van der Waals surface area contributed by atoms with Gasteiger partial charge in [0.25, 0.3) is 5.91 Å². The average Bonchev–Trinajstić information content (AvgIpc) is 2.38. The van der Waals surface area contributed by atoms with E-state index in [1.54, 1.807) is 5.06 Å². The molecule has 3 nitrogen and oxygen atoms in total. The fraction of sp³-hybridized carbons (Fsp3) is 0.562. The van der Waals surface area contributed by atoms with Crippen LogP contribution in [0.15, 0.2) is 24.3 Å². The van der Waals surface area contributed by atoms with Crippen LogP contribution >= 0.6 is 0 Å². The highest BCUT2D eigenvalue weighted by atomic mass is 16.7. The minimum absolute atomic E-state index is 0.170. The van der Waals surface area contributed by atoms with Gasteiger partial charge < -0.3 is 0 Å². The predicted octanol–water partition coefficient (Wildman–Crippen LogP) is 2.97. The molecular formula is C16H21NO2. The van der Waals surface area contributed by atoms with E-state index < -0.39 is 0 Å². The summed E-state index contributed by atoms with van der Waals surface area (Å²) in [6.45, 7) is 3.50. The number of carbonyl (C=O) groups excluding carboxylic acids is 1. The monoisotopic (exact) mass is 259 g/mol. The van der Waals surface area contributed by atoms with E-state index in [1.165, 1.54) is 5.56 Å². The molecule has 0 N–H and O–H groups in total. The van der Waals surface area contributed by atoms with Crippen molar-refractivity contribution in [2.24, 2.45) is 0 Å². The molecule has 1 saturated heterocycles. The molecule has 0 aromatic heterocycles. The molecule has 102 valence electrons. The third kappa shape index (κ3) is 2.16. The van der Waals surface area contributed by atoms with Gasteiger partial charge in [0.15, 0.2) is 0 Å². The molecule has 1 aliphatic carbocycles. The molecule has 3 rings (SSSR count). The summed E-state index contributed by atoms with van der Waals surface area (Å²) < 4.78 is 0. The molecule has 1 aromatic carbocycles. The molecule has 19 heavy (non-hydrogen) atoms. The van der Waals surface area contributed by atoms with Crippen LogP contribution in [0.4, 0.5) is 0 Å². The fourth-order valence-electron chi connectivity index (χ4n) is 3.09. The largest absolute Gasteiger partial charge is 0.272 e. The fourth-order valence-corrected chi connectivity index (χ4v) is 3.09. The van der Waals surface area contributed by atoms with Gasteiger partial charge in [-0.3, -0.25) is 9.63 Å². The number of hydrogen-bond donors (Lipinski definition) is 0. The summed E-state index contributed by atoms with van der Waals surface area (Å²) >= 11 is 0. The van der Waals surface area contributed by atoms with Gasteiger partial charge in [0, 0.05) is 6.54 Å². The van der Waals surface area contributed by atoms with Crippen LogP contribution in [0.25, 0.3) is 0 Å². The van der Waals surface area contributed by atoms with Crippen molar-refractivity contribution in [1.29, 1.82) is 0 Å². The highest BCUT2D eigenvalue weighted by Crippen LogP contribution is 2.45. The van der Waals surface area contributed by atoms with Crippen molar-refractivity contribution in [2.75, 3.05) is 13.2 Å². The second-order valence-corrected chi connectivity index (χ2v) is 5.75. The zero-order chi connectivity index (χ0) is 13.3. The van der Waals surface area contributed by atoms with Crippen LogP contribution in [0.2, 0.25) is 0 Å². The highest BCUT2D eigenvalue weighted by molar-refractivity contribution is 5.88. The maximum Gasteiger partial charge on any atom is 0.256 e. The normalized spacial score (nSPS) is 21.8. The minimum Gasteiger partial charge on any atom is -0.272 e. The van der Waals surface area contributed by atoms with Gasteiger partial charge in [-0.05, 0) is 38.2 Å². The SMILES string of the molecule is Cc1cccc(C2(C(=O)N3CCCCO3)CCC2)c1. The van der Waals surface area contributed by atoms with Gasteiger partial charge in [0.2, 0.25) is 0 Å². The van der Waals surface area contributed by atoms with Gasteiger partial charge in [0.1, 0.15) is 0 Å². The second kappa shape index (κ2) is 4.97. The molecular weight excluding hydrogens is 238 g/mol. The molecule has 2 aliphatic rings. The zero-order valence-corrected chi connectivity index (χ0v) is 11.5. The molecule has 0 atom stereocenters. The summed E-state index contributed by atoms with van der Waals surface area (Å²) in [4.78, 5) is 18.4. The van der Waals surface area contributed by atoms with Gasteiger partial charge in [-0.1, -0.05) is 36.2 Å². The third-order valence-electron chi connectivity index (χ3n) is 4.42. The van der Waals surface area contributed by atoms with Crippen LogP contribution in [-0.4, -0.2) is 24.1 Å². The van der Waals surface area contributed by atoms with Crippen LogP contribution in [0.5, 0.6) is 0 Å².